The first-order valence-corrected chi connectivity index (χ1v) is 8.34. The summed E-state index contributed by atoms with van der Waals surface area (Å²) in [7, 11) is 1.80. The minimum absolute atomic E-state index is 0.0290. The quantitative estimate of drug-likeness (QED) is 0.636. The van der Waals surface area contributed by atoms with Gasteiger partial charge < -0.3 is 14.8 Å². The van der Waals surface area contributed by atoms with Crippen LogP contribution in [0.15, 0.2) is 48.5 Å². The number of nitrogens with one attached hydrogen (secondary N) is 1. The number of amides is 1. The average molecular weight is 382 g/mol. The molecule has 2 aromatic rings. The number of carbonyl (C=O) groups is 1. The van der Waals surface area contributed by atoms with E-state index in [0.29, 0.717) is 31.0 Å². The van der Waals surface area contributed by atoms with Crippen molar-refractivity contribution >= 4 is 11.6 Å². The van der Waals surface area contributed by atoms with Crippen LogP contribution in [0.1, 0.15) is 6.42 Å². The lowest BCUT2D eigenvalue weighted by Crippen LogP contribution is -2.31. The molecule has 0 unspecified atom stereocenters. The maximum absolute atomic E-state index is 12.8. The Kier molecular flexibility index (Phi) is 7.94. The number of hydrogen-bond acceptors (Lipinski definition) is 4. The van der Waals surface area contributed by atoms with Gasteiger partial charge in [0.2, 0.25) is 5.91 Å². The zero-order valence-corrected chi connectivity index (χ0v) is 14.8. The van der Waals surface area contributed by atoms with Crippen molar-refractivity contribution in [3.8, 4) is 11.5 Å². The van der Waals surface area contributed by atoms with Gasteiger partial charge in [-0.15, -0.1) is 0 Å². The summed E-state index contributed by atoms with van der Waals surface area (Å²) >= 11 is 0. The number of anilines is 1. The molecule has 8 heteroatoms. The van der Waals surface area contributed by atoms with Gasteiger partial charge in [-0.3, -0.25) is 9.69 Å². The molecule has 0 bridgehead atoms. The third kappa shape index (κ3) is 8.00. The lowest BCUT2D eigenvalue weighted by Gasteiger charge is -2.16. The van der Waals surface area contributed by atoms with Crippen LogP contribution in [0.4, 0.5) is 18.9 Å². The van der Waals surface area contributed by atoms with E-state index in [2.05, 4.69) is 10.1 Å². The lowest BCUT2D eigenvalue weighted by molar-refractivity contribution is -0.117. The minimum Gasteiger partial charge on any atom is -0.494 e. The summed E-state index contributed by atoms with van der Waals surface area (Å²) in [6, 6.07) is 11.5. The Bertz CT molecular complexity index is 709. The number of rotatable bonds is 10. The van der Waals surface area contributed by atoms with Crippen LogP contribution in [-0.2, 0) is 4.79 Å². The summed E-state index contributed by atoms with van der Waals surface area (Å²) in [5.74, 6) is 0.0844. The van der Waals surface area contributed by atoms with Gasteiger partial charge in [0.1, 0.15) is 17.3 Å². The fraction of sp³-hybridized carbons (Fsp3) is 0.316. The van der Waals surface area contributed by atoms with E-state index in [-0.39, 0.29) is 24.0 Å². The van der Waals surface area contributed by atoms with Gasteiger partial charge in [0.25, 0.3) is 0 Å². The molecule has 0 saturated carbocycles. The second-order valence-electron chi connectivity index (χ2n) is 5.84. The maximum Gasteiger partial charge on any atom is 0.387 e. The van der Waals surface area contributed by atoms with Crippen molar-refractivity contribution in [3.63, 3.8) is 0 Å². The van der Waals surface area contributed by atoms with E-state index in [0.717, 1.165) is 0 Å². The first-order chi connectivity index (χ1) is 12.9. The number of benzene rings is 2. The lowest BCUT2D eigenvalue weighted by atomic mass is 10.3. The Morgan fingerprint density at radius 2 is 1.70 bits per heavy atom. The van der Waals surface area contributed by atoms with Crippen molar-refractivity contribution in [2.75, 3.05) is 32.1 Å². The normalized spacial score (nSPS) is 10.9. The summed E-state index contributed by atoms with van der Waals surface area (Å²) < 4.78 is 46.7. The van der Waals surface area contributed by atoms with Crippen LogP contribution in [0.25, 0.3) is 0 Å². The standard InChI is InChI=1S/C19H21F3N2O3/c1-24(11-2-12-26-16-7-3-14(20)4-8-16)13-18(25)23-15-5-9-17(10-6-15)27-19(21)22/h3-10,19H,2,11-13H2,1H3,(H,23,25). The summed E-state index contributed by atoms with van der Waals surface area (Å²) in [6.07, 6.45) is 0.695. The smallest absolute Gasteiger partial charge is 0.387 e. The second-order valence-corrected chi connectivity index (χ2v) is 5.84. The molecule has 1 amide bonds. The van der Waals surface area contributed by atoms with Crippen LogP contribution in [0.5, 0.6) is 11.5 Å². The van der Waals surface area contributed by atoms with E-state index >= 15 is 0 Å². The van der Waals surface area contributed by atoms with E-state index in [1.165, 1.54) is 36.4 Å². The molecule has 0 heterocycles. The molecule has 0 atom stereocenters. The number of alkyl halides is 2. The zero-order valence-electron chi connectivity index (χ0n) is 14.8. The highest BCUT2D eigenvalue weighted by Crippen LogP contribution is 2.17. The van der Waals surface area contributed by atoms with Crippen LogP contribution in [0.3, 0.4) is 0 Å². The number of likely N-dealkylation sites (N-methyl/N-ethyl adjacent to an activating group) is 1. The molecule has 146 valence electrons. The second kappa shape index (κ2) is 10.4. The molecule has 0 aliphatic carbocycles. The van der Waals surface area contributed by atoms with Crippen LogP contribution in [0.2, 0.25) is 0 Å². The molecule has 2 aromatic carbocycles. The predicted octanol–water partition coefficient (Wildman–Crippen LogP) is 3.77. The Labute approximate surface area is 155 Å². The number of halogens is 3. The van der Waals surface area contributed by atoms with Gasteiger partial charge >= 0.3 is 6.61 Å². The topological polar surface area (TPSA) is 50.8 Å². The molecule has 0 radical (unpaired) electrons. The first kappa shape index (κ1) is 20.6. The number of nitrogens with zero attached hydrogens (tertiary/aromatic N) is 1. The molecule has 0 saturated heterocycles. The van der Waals surface area contributed by atoms with Gasteiger partial charge in [-0.2, -0.15) is 8.78 Å². The predicted molar refractivity (Wildman–Crippen MR) is 95.7 cm³/mol. The van der Waals surface area contributed by atoms with Gasteiger partial charge in [0.15, 0.2) is 0 Å². The highest BCUT2D eigenvalue weighted by Gasteiger charge is 2.08. The molecule has 0 aliphatic rings. The Morgan fingerprint density at radius 3 is 2.33 bits per heavy atom. The van der Waals surface area contributed by atoms with E-state index in [9.17, 15) is 18.0 Å². The number of hydrogen-bond donors (Lipinski definition) is 1. The highest BCUT2D eigenvalue weighted by molar-refractivity contribution is 5.92. The number of ether oxygens (including phenoxy) is 2. The maximum atomic E-state index is 12.8. The Morgan fingerprint density at radius 1 is 1.07 bits per heavy atom. The fourth-order valence-electron chi connectivity index (χ4n) is 2.30. The monoisotopic (exact) mass is 382 g/mol. The molecule has 5 nitrogen and oxygen atoms in total. The van der Waals surface area contributed by atoms with Crippen molar-refractivity contribution in [1.82, 2.24) is 4.90 Å². The number of carbonyl (C=O) groups excluding carboxylic acids is 1. The van der Waals surface area contributed by atoms with Gasteiger partial charge in [-0.25, -0.2) is 4.39 Å². The molecule has 0 aliphatic heterocycles. The molecular weight excluding hydrogens is 361 g/mol. The van der Waals surface area contributed by atoms with E-state index in [4.69, 9.17) is 4.74 Å². The first-order valence-electron chi connectivity index (χ1n) is 8.34. The van der Waals surface area contributed by atoms with Gasteiger partial charge in [0, 0.05) is 12.2 Å². The molecule has 0 aromatic heterocycles. The van der Waals surface area contributed by atoms with E-state index in [1.807, 2.05) is 4.90 Å². The van der Waals surface area contributed by atoms with Gasteiger partial charge in [-0.1, -0.05) is 0 Å². The SMILES string of the molecule is CN(CCCOc1ccc(F)cc1)CC(=O)Nc1ccc(OC(F)F)cc1. The summed E-state index contributed by atoms with van der Waals surface area (Å²) in [6.45, 7) is -1.63. The summed E-state index contributed by atoms with van der Waals surface area (Å²) in [5, 5.41) is 2.68. The van der Waals surface area contributed by atoms with Gasteiger partial charge in [-0.05, 0) is 62.0 Å². The zero-order chi connectivity index (χ0) is 19.6. The minimum atomic E-state index is -2.88. The van der Waals surface area contributed by atoms with E-state index < -0.39 is 6.61 Å². The molecule has 2 rings (SSSR count). The fourth-order valence-corrected chi connectivity index (χ4v) is 2.30. The van der Waals surface area contributed by atoms with Crippen LogP contribution in [0, 0.1) is 5.82 Å². The molecule has 27 heavy (non-hydrogen) atoms. The van der Waals surface area contributed by atoms with Crippen molar-refractivity contribution in [1.29, 1.82) is 0 Å². The van der Waals surface area contributed by atoms with Crippen LogP contribution < -0.4 is 14.8 Å². The average Bonchev–Trinajstić information content (AvgIpc) is 2.61. The Hall–Kier alpha value is -2.74. The third-order valence-electron chi connectivity index (χ3n) is 3.54. The summed E-state index contributed by atoms with van der Waals surface area (Å²) in [4.78, 5) is 13.8. The Balaban J connectivity index is 1.65. The van der Waals surface area contributed by atoms with Crippen LogP contribution in [-0.4, -0.2) is 44.2 Å². The molecular formula is C19H21F3N2O3. The van der Waals surface area contributed by atoms with Crippen molar-refractivity contribution in [2.24, 2.45) is 0 Å². The highest BCUT2D eigenvalue weighted by atomic mass is 19.3. The van der Waals surface area contributed by atoms with Crippen molar-refractivity contribution in [3.05, 3.63) is 54.3 Å². The largest absolute Gasteiger partial charge is 0.494 e. The third-order valence-corrected chi connectivity index (χ3v) is 3.54. The van der Waals surface area contributed by atoms with E-state index in [1.54, 1.807) is 19.2 Å². The van der Waals surface area contributed by atoms with Gasteiger partial charge in [0.05, 0.1) is 13.2 Å². The molecule has 0 fully saturated rings. The summed E-state index contributed by atoms with van der Waals surface area (Å²) in [5.41, 5.74) is 0.495. The van der Waals surface area contributed by atoms with Crippen LogP contribution >= 0.6 is 0 Å². The molecule has 0 spiro atoms. The molecule has 1 N–H and O–H groups in total. The van der Waals surface area contributed by atoms with Crippen molar-refractivity contribution < 1.29 is 27.4 Å². The van der Waals surface area contributed by atoms with Crippen molar-refractivity contribution in [2.45, 2.75) is 13.0 Å².